The molecular formula is C20H23N3O2S. The number of nitrogens with one attached hydrogen (secondary N) is 3. The van der Waals surface area contributed by atoms with Gasteiger partial charge in [0.15, 0.2) is 0 Å². The van der Waals surface area contributed by atoms with Crippen molar-refractivity contribution >= 4 is 35.1 Å². The molecule has 0 aromatic heterocycles. The average Bonchev–Trinajstić information content (AvgIpc) is 2.63. The molecule has 3 amide bonds. The summed E-state index contributed by atoms with van der Waals surface area (Å²) in [5.74, 6) is 1.16. The Hall–Kier alpha value is -2.73. The first kappa shape index (κ1) is 19.6. The highest BCUT2D eigenvalue weighted by Crippen LogP contribution is 2.17. The summed E-state index contributed by atoms with van der Waals surface area (Å²) in [5.41, 5.74) is 2.38. The van der Waals surface area contributed by atoms with Gasteiger partial charge in [-0.15, -0.1) is 18.3 Å². The number of carbonyl (C=O) groups excluding carboxylic acids is 2. The number of urea groups is 1. The maximum Gasteiger partial charge on any atom is 0.323 e. The standard InChI is InChI=1S/C20H23N3O2S/c1-3-13-26-14-19(24)21-15(2)16-9-11-18(12-10-16)23-20(25)22-17-7-5-4-6-8-17/h3-12,15H,1,13-14H2,2H3,(H,21,24)(H2,22,23,25)/t15-/m1/s1. The normalized spacial score (nSPS) is 11.3. The third-order valence-electron chi connectivity index (χ3n) is 3.55. The number of benzene rings is 2. The number of carbonyl (C=O) groups is 2. The van der Waals surface area contributed by atoms with Crippen molar-refractivity contribution in [2.75, 3.05) is 22.1 Å². The van der Waals surface area contributed by atoms with Crippen molar-refractivity contribution in [1.82, 2.24) is 5.32 Å². The fourth-order valence-electron chi connectivity index (χ4n) is 2.27. The van der Waals surface area contributed by atoms with E-state index in [4.69, 9.17) is 0 Å². The summed E-state index contributed by atoms with van der Waals surface area (Å²) in [7, 11) is 0. The van der Waals surface area contributed by atoms with Crippen molar-refractivity contribution < 1.29 is 9.59 Å². The number of thioether (sulfide) groups is 1. The Morgan fingerprint density at radius 2 is 1.65 bits per heavy atom. The van der Waals surface area contributed by atoms with Gasteiger partial charge in [-0.2, -0.15) is 0 Å². The minimum absolute atomic E-state index is 0.00575. The van der Waals surface area contributed by atoms with Crippen LogP contribution in [-0.4, -0.2) is 23.4 Å². The summed E-state index contributed by atoms with van der Waals surface area (Å²) in [5, 5.41) is 8.50. The molecule has 0 radical (unpaired) electrons. The van der Waals surface area contributed by atoms with Crippen LogP contribution in [0, 0.1) is 0 Å². The minimum Gasteiger partial charge on any atom is -0.349 e. The largest absolute Gasteiger partial charge is 0.349 e. The number of rotatable bonds is 8. The second-order valence-electron chi connectivity index (χ2n) is 5.66. The van der Waals surface area contributed by atoms with E-state index in [1.807, 2.05) is 61.5 Å². The number of hydrogen-bond acceptors (Lipinski definition) is 3. The summed E-state index contributed by atoms with van der Waals surface area (Å²) < 4.78 is 0. The SMILES string of the molecule is C=CCSCC(=O)N[C@H](C)c1ccc(NC(=O)Nc2ccccc2)cc1. The van der Waals surface area contributed by atoms with E-state index in [2.05, 4.69) is 22.5 Å². The molecule has 2 aromatic carbocycles. The van der Waals surface area contributed by atoms with Crippen LogP contribution in [0.3, 0.4) is 0 Å². The second kappa shape index (κ2) is 10.3. The van der Waals surface area contributed by atoms with Gasteiger partial charge in [-0.25, -0.2) is 4.79 Å². The Morgan fingerprint density at radius 1 is 1.04 bits per heavy atom. The topological polar surface area (TPSA) is 70.2 Å². The zero-order valence-electron chi connectivity index (χ0n) is 14.7. The molecule has 0 fully saturated rings. The van der Waals surface area contributed by atoms with Gasteiger partial charge in [-0.1, -0.05) is 36.4 Å². The number of anilines is 2. The summed E-state index contributed by atoms with van der Waals surface area (Å²) in [6, 6.07) is 16.2. The molecule has 5 nitrogen and oxygen atoms in total. The first-order chi connectivity index (χ1) is 12.6. The molecule has 3 N–H and O–H groups in total. The van der Waals surface area contributed by atoms with E-state index >= 15 is 0 Å². The van der Waals surface area contributed by atoms with Gasteiger partial charge in [0, 0.05) is 17.1 Å². The Kier molecular flexibility index (Phi) is 7.76. The lowest BCUT2D eigenvalue weighted by molar-refractivity contribution is -0.119. The van der Waals surface area contributed by atoms with Gasteiger partial charge in [0.2, 0.25) is 5.91 Å². The zero-order chi connectivity index (χ0) is 18.8. The molecule has 0 heterocycles. The number of para-hydroxylation sites is 1. The van der Waals surface area contributed by atoms with E-state index in [-0.39, 0.29) is 18.0 Å². The van der Waals surface area contributed by atoms with E-state index in [0.29, 0.717) is 11.4 Å². The second-order valence-corrected chi connectivity index (χ2v) is 6.69. The van der Waals surface area contributed by atoms with Crippen LogP contribution in [0.4, 0.5) is 16.2 Å². The molecule has 0 bridgehead atoms. The first-order valence-electron chi connectivity index (χ1n) is 8.29. The first-order valence-corrected chi connectivity index (χ1v) is 9.45. The molecule has 6 heteroatoms. The quantitative estimate of drug-likeness (QED) is 0.476. The van der Waals surface area contributed by atoms with Gasteiger partial charge in [0.05, 0.1) is 11.8 Å². The summed E-state index contributed by atoms with van der Waals surface area (Å²) in [6.07, 6.45) is 1.78. The number of hydrogen-bond donors (Lipinski definition) is 3. The Balaban J connectivity index is 1.84. The Bertz CT molecular complexity index is 732. The average molecular weight is 369 g/mol. The molecule has 0 unspecified atom stereocenters. The van der Waals surface area contributed by atoms with Crippen LogP contribution in [0.25, 0.3) is 0 Å². The Morgan fingerprint density at radius 3 is 2.27 bits per heavy atom. The fraction of sp³-hybridized carbons (Fsp3) is 0.200. The van der Waals surface area contributed by atoms with Crippen molar-refractivity contribution in [2.24, 2.45) is 0 Å². The highest BCUT2D eigenvalue weighted by atomic mass is 32.2. The molecule has 0 spiro atoms. The molecule has 0 saturated carbocycles. The van der Waals surface area contributed by atoms with E-state index in [1.54, 1.807) is 6.08 Å². The maximum absolute atomic E-state index is 12.0. The van der Waals surface area contributed by atoms with Gasteiger partial charge < -0.3 is 16.0 Å². The molecule has 136 valence electrons. The predicted molar refractivity (Wildman–Crippen MR) is 110 cm³/mol. The molecule has 2 aromatic rings. The van der Waals surface area contributed by atoms with Crippen LogP contribution < -0.4 is 16.0 Å². The van der Waals surface area contributed by atoms with Crippen LogP contribution in [0.15, 0.2) is 67.3 Å². The lowest BCUT2D eigenvalue weighted by Crippen LogP contribution is -2.28. The fourth-order valence-corrected chi connectivity index (χ4v) is 2.82. The van der Waals surface area contributed by atoms with Crippen LogP contribution in [0.1, 0.15) is 18.5 Å². The van der Waals surface area contributed by atoms with Crippen LogP contribution in [0.2, 0.25) is 0 Å². The maximum atomic E-state index is 12.0. The minimum atomic E-state index is -0.301. The Labute approximate surface area is 158 Å². The lowest BCUT2D eigenvalue weighted by atomic mass is 10.1. The highest BCUT2D eigenvalue weighted by molar-refractivity contribution is 8.00. The van der Waals surface area contributed by atoms with Crippen molar-refractivity contribution in [3.8, 4) is 0 Å². The smallest absolute Gasteiger partial charge is 0.323 e. The van der Waals surface area contributed by atoms with E-state index in [9.17, 15) is 9.59 Å². The molecule has 26 heavy (non-hydrogen) atoms. The summed E-state index contributed by atoms with van der Waals surface area (Å²) in [6.45, 7) is 5.56. The monoisotopic (exact) mass is 369 g/mol. The molecular weight excluding hydrogens is 346 g/mol. The van der Waals surface area contributed by atoms with E-state index in [0.717, 1.165) is 17.0 Å². The molecule has 0 aliphatic rings. The summed E-state index contributed by atoms with van der Waals surface area (Å²) in [4.78, 5) is 23.8. The highest BCUT2D eigenvalue weighted by Gasteiger charge is 2.10. The van der Waals surface area contributed by atoms with Gasteiger partial charge >= 0.3 is 6.03 Å². The molecule has 0 aliphatic carbocycles. The van der Waals surface area contributed by atoms with E-state index < -0.39 is 0 Å². The van der Waals surface area contributed by atoms with Crippen LogP contribution >= 0.6 is 11.8 Å². The molecule has 2 rings (SSSR count). The van der Waals surface area contributed by atoms with Crippen molar-refractivity contribution in [3.63, 3.8) is 0 Å². The number of amides is 3. The molecule has 1 atom stereocenters. The van der Waals surface area contributed by atoms with Gasteiger partial charge in [0.25, 0.3) is 0 Å². The zero-order valence-corrected chi connectivity index (χ0v) is 15.5. The van der Waals surface area contributed by atoms with Crippen LogP contribution in [0.5, 0.6) is 0 Å². The molecule has 0 saturated heterocycles. The van der Waals surface area contributed by atoms with Gasteiger partial charge in [-0.05, 0) is 36.8 Å². The van der Waals surface area contributed by atoms with Crippen molar-refractivity contribution in [1.29, 1.82) is 0 Å². The van der Waals surface area contributed by atoms with Crippen molar-refractivity contribution in [3.05, 3.63) is 72.8 Å². The lowest BCUT2D eigenvalue weighted by Gasteiger charge is -2.15. The van der Waals surface area contributed by atoms with Crippen molar-refractivity contribution in [2.45, 2.75) is 13.0 Å². The van der Waals surface area contributed by atoms with E-state index in [1.165, 1.54) is 11.8 Å². The van der Waals surface area contributed by atoms with Gasteiger partial charge in [0.1, 0.15) is 0 Å². The third kappa shape index (κ3) is 6.64. The molecule has 0 aliphatic heterocycles. The van der Waals surface area contributed by atoms with Gasteiger partial charge in [-0.3, -0.25) is 4.79 Å². The predicted octanol–water partition coefficient (Wildman–Crippen LogP) is 4.43. The van der Waals surface area contributed by atoms with Crippen LogP contribution in [-0.2, 0) is 4.79 Å². The third-order valence-corrected chi connectivity index (χ3v) is 4.48. The summed E-state index contributed by atoms with van der Waals surface area (Å²) >= 11 is 1.52.